The Balaban J connectivity index is 2.55. The van der Waals surface area contributed by atoms with Gasteiger partial charge in [-0.1, -0.05) is 6.08 Å². The van der Waals surface area contributed by atoms with Gasteiger partial charge in [0.05, 0.1) is 0 Å². The molecule has 0 heterocycles. The zero-order chi connectivity index (χ0) is 9.35. The zero-order valence-corrected chi connectivity index (χ0v) is 7.13. The molecule has 0 aromatic heterocycles. The standard InChI is InChI=1S/C6H10N2O3S/c1-2-4-3-6(4,7)5(9)8-12(10)11/h2,4H,1,3,7H2,(H,8,9)(H,10,11). The maximum absolute atomic E-state index is 11.1. The van der Waals surface area contributed by atoms with Crippen LogP contribution in [0.4, 0.5) is 0 Å². The van der Waals surface area contributed by atoms with Gasteiger partial charge in [0.25, 0.3) is 17.2 Å². The van der Waals surface area contributed by atoms with Gasteiger partial charge in [-0.05, 0) is 6.42 Å². The number of amides is 1. The number of nitrogens with one attached hydrogen (secondary N) is 1. The third-order valence-electron chi connectivity index (χ3n) is 1.95. The maximum Gasteiger partial charge on any atom is 0.261 e. The Morgan fingerprint density at radius 3 is 2.83 bits per heavy atom. The topological polar surface area (TPSA) is 92.4 Å². The van der Waals surface area contributed by atoms with Crippen molar-refractivity contribution in [3.8, 4) is 0 Å². The van der Waals surface area contributed by atoms with Crippen LogP contribution < -0.4 is 10.5 Å². The molecule has 3 atom stereocenters. The minimum absolute atomic E-state index is 0.0824. The molecule has 1 amide bonds. The third-order valence-corrected chi connectivity index (χ3v) is 2.31. The Morgan fingerprint density at radius 2 is 2.50 bits per heavy atom. The molecule has 1 aliphatic carbocycles. The van der Waals surface area contributed by atoms with Crippen molar-refractivity contribution in [1.29, 1.82) is 0 Å². The highest BCUT2D eigenvalue weighted by Crippen LogP contribution is 2.41. The van der Waals surface area contributed by atoms with E-state index in [-0.39, 0.29) is 5.92 Å². The molecule has 1 rings (SSSR count). The van der Waals surface area contributed by atoms with Crippen molar-refractivity contribution in [2.45, 2.75) is 12.0 Å². The van der Waals surface area contributed by atoms with Crippen LogP contribution in [0.25, 0.3) is 0 Å². The number of hydrogen-bond acceptors (Lipinski definition) is 3. The van der Waals surface area contributed by atoms with Gasteiger partial charge in [-0.3, -0.25) is 14.1 Å². The molecule has 1 fully saturated rings. The van der Waals surface area contributed by atoms with Crippen LogP contribution in [0, 0.1) is 5.92 Å². The number of carbonyl (C=O) groups excluding carboxylic acids is 1. The van der Waals surface area contributed by atoms with Crippen LogP contribution in [-0.2, 0) is 16.1 Å². The molecule has 0 aliphatic heterocycles. The second kappa shape index (κ2) is 2.96. The van der Waals surface area contributed by atoms with Gasteiger partial charge in [-0.25, -0.2) is 4.21 Å². The van der Waals surface area contributed by atoms with E-state index in [0.29, 0.717) is 6.42 Å². The molecular weight excluding hydrogens is 180 g/mol. The SMILES string of the molecule is C=CC1CC1(N)C(=O)NS(=O)O. The lowest BCUT2D eigenvalue weighted by Gasteiger charge is -2.07. The summed E-state index contributed by atoms with van der Waals surface area (Å²) in [5.74, 6) is -0.686. The molecular formula is C6H10N2O3S. The van der Waals surface area contributed by atoms with Crippen LogP contribution in [-0.4, -0.2) is 20.2 Å². The lowest BCUT2D eigenvalue weighted by molar-refractivity contribution is -0.121. The fourth-order valence-electron chi connectivity index (χ4n) is 1.03. The predicted molar refractivity (Wildman–Crippen MR) is 44.1 cm³/mol. The highest BCUT2D eigenvalue weighted by Gasteiger charge is 2.55. The van der Waals surface area contributed by atoms with Gasteiger partial charge in [0.1, 0.15) is 5.54 Å². The summed E-state index contributed by atoms with van der Waals surface area (Å²) >= 11 is -2.33. The van der Waals surface area contributed by atoms with Gasteiger partial charge in [-0.15, -0.1) is 6.58 Å². The van der Waals surface area contributed by atoms with E-state index in [4.69, 9.17) is 10.3 Å². The molecule has 0 spiro atoms. The van der Waals surface area contributed by atoms with Gasteiger partial charge >= 0.3 is 0 Å². The molecule has 5 nitrogen and oxygen atoms in total. The molecule has 3 unspecified atom stereocenters. The van der Waals surface area contributed by atoms with Crippen LogP contribution in [0.1, 0.15) is 6.42 Å². The molecule has 68 valence electrons. The summed E-state index contributed by atoms with van der Waals surface area (Å²) in [6.45, 7) is 3.48. The first kappa shape index (κ1) is 9.37. The van der Waals surface area contributed by atoms with Crippen LogP contribution in [0.15, 0.2) is 12.7 Å². The molecule has 1 aliphatic rings. The molecule has 0 saturated heterocycles. The number of rotatable bonds is 3. The summed E-state index contributed by atoms with van der Waals surface area (Å²) in [5.41, 5.74) is 4.55. The van der Waals surface area contributed by atoms with Crippen molar-refractivity contribution in [3.63, 3.8) is 0 Å². The first-order chi connectivity index (χ1) is 5.50. The Bertz CT molecular complexity index is 255. The first-order valence-electron chi connectivity index (χ1n) is 3.34. The highest BCUT2D eigenvalue weighted by atomic mass is 32.2. The van der Waals surface area contributed by atoms with E-state index in [2.05, 4.69) is 6.58 Å². The average molecular weight is 190 g/mol. The second-order valence-electron chi connectivity index (χ2n) is 2.77. The summed E-state index contributed by atoms with van der Waals surface area (Å²) in [4.78, 5) is 11.1. The molecule has 6 heteroatoms. The van der Waals surface area contributed by atoms with Crippen molar-refractivity contribution >= 4 is 17.2 Å². The zero-order valence-electron chi connectivity index (χ0n) is 6.32. The number of nitrogens with two attached hydrogens (primary N) is 1. The largest absolute Gasteiger partial charge is 0.317 e. The van der Waals surface area contributed by atoms with E-state index in [1.165, 1.54) is 0 Å². The Labute approximate surface area is 72.4 Å². The second-order valence-corrected chi connectivity index (χ2v) is 3.47. The minimum atomic E-state index is -2.33. The molecule has 1 saturated carbocycles. The van der Waals surface area contributed by atoms with E-state index in [0.717, 1.165) is 0 Å². The molecule has 12 heavy (non-hydrogen) atoms. The van der Waals surface area contributed by atoms with Crippen LogP contribution in [0.3, 0.4) is 0 Å². The molecule has 0 bridgehead atoms. The molecule has 0 radical (unpaired) electrons. The number of carbonyl (C=O) groups is 1. The van der Waals surface area contributed by atoms with Gasteiger partial charge in [0.15, 0.2) is 0 Å². The lowest BCUT2D eigenvalue weighted by atomic mass is 10.2. The average Bonchev–Trinajstić information content (AvgIpc) is 2.62. The smallest absolute Gasteiger partial charge is 0.261 e. The summed E-state index contributed by atoms with van der Waals surface area (Å²) in [5, 5.41) is 0. The predicted octanol–water partition coefficient (Wildman–Crippen LogP) is -0.857. The monoisotopic (exact) mass is 190 g/mol. The molecule has 0 aromatic rings. The van der Waals surface area contributed by atoms with Crippen molar-refractivity contribution in [2.75, 3.05) is 0 Å². The van der Waals surface area contributed by atoms with E-state index < -0.39 is 22.7 Å². The summed E-state index contributed by atoms with van der Waals surface area (Å²) < 4.78 is 20.3. The third kappa shape index (κ3) is 1.55. The normalized spacial score (nSPS) is 35.3. The minimum Gasteiger partial charge on any atom is -0.317 e. The van der Waals surface area contributed by atoms with Crippen molar-refractivity contribution < 1.29 is 13.6 Å². The fraction of sp³-hybridized carbons (Fsp3) is 0.500. The summed E-state index contributed by atoms with van der Waals surface area (Å²) in [6, 6.07) is 0. The van der Waals surface area contributed by atoms with E-state index in [1.54, 1.807) is 6.08 Å². The van der Waals surface area contributed by atoms with Crippen LogP contribution in [0.5, 0.6) is 0 Å². The molecule has 0 aromatic carbocycles. The Morgan fingerprint density at radius 1 is 1.92 bits per heavy atom. The first-order valence-corrected chi connectivity index (χ1v) is 4.44. The van der Waals surface area contributed by atoms with Gasteiger partial charge in [0, 0.05) is 5.92 Å². The molecule has 4 N–H and O–H groups in total. The number of hydrogen-bond donors (Lipinski definition) is 3. The Hall–Kier alpha value is -0.720. The van der Waals surface area contributed by atoms with Crippen molar-refractivity contribution in [2.24, 2.45) is 11.7 Å². The summed E-state index contributed by atoms with van der Waals surface area (Å²) in [7, 11) is 0. The maximum atomic E-state index is 11.1. The van der Waals surface area contributed by atoms with E-state index in [1.807, 2.05) is 4.72 Å². The van der Waals surface area contributed by atoms with Crippen LogP contribution in [0.2, 0.25) is 0 Å². The quantitative estimate of drug-likeness (QED) is 0.399. The Kier molecular flexibility index (Phi) is 2.31. The van der Waals surface area contributed by atoms with E-state index >= 15 is 0 Å². The van der Waals surface area contributed by atoms with Crippen molar-refractivity contribution in [1.82, 2.24) is 4.72 Å². The summed E-state index contributed by atoms with van der Waals surface area (Å²) in [6.07, 6.45) is 2.05. The fourth-order valence-corrected chi connectivity index (χ4v) is 1.38. The van der Waals surface area contributed by atoms with Crippen LogP contribution >= 0.6 is 0 Å². The van der Waals surface area contributed by atoms with Crippen molar-refractivity contribution in [3.05, 3.63) is 12.7 Å². The van der Waals surface area contributed by atoms with E-state index in [9.17, 15) is 9.00 Å². The lowest BCUT2D eigenvalue weighted by Crippen LogP contribution is -2.44. The highest BCUT2D eigenvalue weighted by molar-refractivity contribution is 7.77. The van der Waals surface area contributed by atoms with Gasteiger partial charge in [0.2, 0.25) is 0 Å². The van der Waals surface area contributed by atoms with Gasteiger partial charge in [-0.2, -0.15) is 0 Å². The van der Waals surface area contributed by atoms with Gasteiger partial charge < -0.3 is 5.73 Å².